The number of aliphatic hydroxyl groups excluding tert-OH is 1. The van der Waals surface area contributed by atoms with Gasteiger partial charge in [-0.25, -0.2) is 4.98 Å². The minimum absolute atomic E-state index is 0.00624. The molecule has 1 saturated heterocycles. The molecule has 22 heavy (non-hydrogen) atoms. The first kappa shape index (κ1) is 17.2. The molecule has 1 aromatic rings. The summed E-state index contributed by atoms with van der Waals surface area (Å²) in [6.45, 7) is 2.51. The highest BCUT2D eigenvalue weighted by molar-refractivity contribution is 7.09. The second-order valence-corrected chi connectivity index (χ2v) is 7.09. The number of amides is 1. The van der Waals surface area contributed by atoms with Crippen molar-refractivity contribution in [1.29, 1.82) is 0 Å². The second-order valence-electron chi connectivity index (χ2n) is 6.19. The number of carbonyl (C=O) groups is 1. The monoisotopic (exact) mass is 336 g/mol. The maximum Gasteiger partial charge on any atom is 0.396 e. The average Bonchev–Trinajstić information content (AvgIpc) is 3.00. The van der Waals surface area contributed by atoms with E-state index in [0.717, 1.165) is 0 Å². The molecular formula is C14H19F3N2O2S. The fourth-order valence-corrected chi connectivity index (χ4v) is 3.44. The highest BCUT2D eigenvalue weighted by atomic mass is 32.1. The van der Waals surface area contributed by atoms with Crippen molar-refractivity contribution in [2.75, 3.05) is 19.7 Å². The normalized spacial score (nSPS) is 19.3. The lowest BCUT2D eigenvalue weighted by molar-refractivity contribution is -0.249. The molecular weight excluding hydrogens is 317 g/mol. The van der Waals surface area contributed by atoms with Crippen LogP contribution in [0, 0.1) is 5.41 Å². The van der Waals surface area contributed by atoms with Gasteiger partial charge in [-0.2, -0.15) is 13.2 Å². The molecule has 0 saturated carbocycles. The second kappa shape index (κ2) is 5.81. The summed E-state index contributed by atoms with van der Waals surface area (Å²) in [4.78, 5) is 18.2. The van der Waals surface area contributed by atoms with Gasteiger partial charge in [0.05, 0.1) is 17.4 Å². The van der Waals surface area contributed by atoms with Crippen molar-refractivity contribution in [1.82, 2.24) is 9.88 Å². The lowest BCUT2D eigenvalue weighted by atomic mass is 9.77. The Morgan fingerprint density at radius 2 is 2.00 bits per heavy atom. The van der Waals surface area contributed by atoms with E-state index in [1.54, 1.807) is 25.4 Å². The molecule has 1 aromatic heterocycles. The number of aliphatic hydroxyl groups is 1. The van der Waals surface area contributed by atoms with E-state index in [1.165, 1.54) is 16.2 Å². The van der Waals surface area contributed by atoms with Crippen LogP contribution in [0.2, 0.25) is 0 Å². The van der Waals surface area contributed by atoms with E-state index in [1.807, 2.05) is 0 Å². The van der Waals surface area contributed by atoms with Gasteiger partial charge in [0.25, 0.3) is 0 Å². The number of hydrogen-bond donors (Lipinski definition) is 1. The number of likely N-dealkylation sites (tertiary alicyclic amines) is 1. The van der Waals surface area contributed by atoms with Gasteiger partial charge in [-0.1, -0.05) is 0 Å². The number of nitrogens with zero attached hydrogens (tertiary/aromatic N) is 2. The van der Waals surface area contributed by atoms with Crippen LogP contribution in [-0.4, -0.2) is 46.8 Å². The molecule has 1 amide bonds. The molecule has 2 rings (SSSR count). The molecule has 0 bridgehead atoms. The first-order valence-electron chi connectivity index (χ1n) is 7.01. The van der Waals surface area contributed by atoms with Crippen LogP contribution in [0.3, 0.4) is 0 Å². The third-order valence-electron chi connectivity index (χ3n) is 4.41. The first-order valence-corrected chi connectivity index (χ1v) is 7.89. The minimum Gasteiger partial charge on any atom is -0.395 e. The van der Waals surface area contributed by atoms with E-state index < -0.39 is 23.6 Å². The molecule has 0 unspecified atom stereocenters. The van der Waals surface area contributed by atoms with Crippen LogP contribution in [0.25, 0.3) is 0 Å². The van der Waals surface area contributed by atoms with Gasteiger partial charge in [0, 0.05) is 24.7 Å². The lowest BCUT2D eigenvalue weighted by Crippen LogP contribution is -2.54. The Labute approximate surface area is 131 Å². The van der Waals surface area contributed by atoms with Crippen molar-refractivity contribution >= 4 is 17.2 Å². The van der Waals surface area contributed by atoms with Gasteiger partial charge in [0.1, 0.15) is 5.01 Å². The zero-order valence-electron chi connectivity index (χ0n) is 12.5. The predicted octanol–water partition coefficient (Wildman–Crippen LogP) is 2.58. The van der Waals surface area contributed by atoms with Gasteiger partial charge >= 0.3 is 6.18 Å². The van der Waals surface area contributed by atoms with E-state index in [-0.39, 0.29) is 31.8 Å². The summed E-state index contributed by atoms with van der Waals surface area (Å²) in [5.74, 6) is -0.226. The quantitative estimate of drug-likeness (QED) is 0.923. The maximum absolute atomic E-state index is 13.1. The van der Waals surface area contributed by atoms with Crippen LogP contribution in [0.5, 0.6) is 0 Å². The van der Waals surface area contributed by atoms with Gasteiger partial charge in [0.15, 0.2) is 0 Å². The SMILES string of the molecule is CC(C)(C(=O)N1CCC(CO)(C(F)(F)F)CC1)c1nccs1. The summed E-state index contributed by atoms with van der Waals surface area (Å²) in [6, 6.07) is 0. The molecule has 0 spiro atoms. The number of thiazole rings is 1. The van der Waals surface area contributed by atoms with Crippen molar-refractivity contribution < 1.29 is 23.1 Å². The molecule has 0 atom stereocenters. The summed E-state index contributed by atoms with van der Waals surface area (Å²) >= 11 is 1.35. The number of halogens is 3. The largest absolute Gasteiger partial charge is 0.396 e. The topological polar surface area (TPSA) is 53.4 Å². The van der Waals surface area contributed by atoms with E-state index in [4.69, 9.17) is 0 Å². The number of rotatable bonds is 3. The van der Waals surface area contributed by atoms with Crippen LogP contribution in [0.4, 0.5) is 13.2 Å². The van der Waals surface area contributed by atoms with Crippen molar-refractivity contribution in [2.45, 2.75) is 38.3 Å². The number of piperidine rings is 1. The zero-order valence-corrected chi connectivity index (χ0v) is 13.3. The van der Waals surface area contributed by atoms with Gasteiger partial charge < -0.3 is 10.0 Å². The summed E-state index contributed by atoms with van der Waals surface area (Å²) in [5.41, 5.74) is -2.94. The molecule has 0 radical (unpaired) electrons. The molecule has 124 valence electrons. The van der Waals surface area contributed by atoms with Crippen molar-refractivity contribution in [3.8, 4) is 0 Å². The average molecular weight is 336 g/mol. The smallest absolute Gasteiger partial charge is 0.395 e. The number of hydrogen-bond acceptors (Lipinski definition) is 4. The molecule has 8 heteroatoms. The van der Waals surface area contributed by atoms with Crippen LogP contribution < -0.4 is 0 Å². The van der Waals surface area contributed by atoms with Crippen LogP contribution in [-0.2, 0) is 10.2 Å². The maximum atomic E-state index is 13.1. The summed E-state index contributed by atoms with van der Waals surface area (Å²) < 4.78 is 39.3. The first-order chi connectivity index (χ1) is 10.1. The fourth-order valence-electron chi connectivity index (χ4n) is 2.69. The van der Waals surface area contributed by atoms with Crippen LogP contribution in [0.1, 0.15) is 31.7 Å². The molecule has 1 aliphatic heterocycles. The Bertz CT molecular complexity index is 521. The van der Waals surface area contributed by atoms with Crippen LogP contribution >= 0.6 is 11.3 Å². The van der Waals surface area contributed by atoms with Gasteiger partial charge in [-0.05, 0) is 26.7 Å². The number of carbonyl (C=O) groups excluding carboxylic acids is 1. The van der Waals surface area contributed by atoms with E-state index in [0.29, 0.717) is 5.01 Å². The standard InChI is InChI=1S/C14H19F3N2O2S/c1-12(2,10-18-5-8-22-10)11(21)19-6-3-13(9-20,4-7-19)14(15,16)17/h5,8,20H,3-4,6-7,9H2,1-2H3. The van der Waals surface area contributed by atoms with E-state index in [9.17, 15) is 23.1 Å². The van der Waals surface area contributed by atoms with Gasteiger partial charge in [-0.15, -0.1) is 11.3 Å². The Balaban J connectivity index is 2.10. The van der Waals surface area contributed by atoms with Crippen molar-refractivity contribution in [3.63, 3.8) is 0 Å². The third kappa shape index (κ3) is 2.86. The Morgan fingerprint density at radius 1 is 1.41 bits per heavy atom. The minimum atomic E-state index is -4.46. The molecule has 2 heterocycles. The Kier molecular flexibility index (Phi) is 4.54. The molecule has 1 N–H and O–H groups in total. The number of alkyl halides is 3. The Hall–Kier alpha value is -1.15. The highest BCUT2D eigenvalue weighted by Gasteiger charge is 2.56. The molecule has 1 fully saturated rings. The number of aromatic nitrogens is 1. The van der Waals surface area contributed by atoms with Crippen LogP contribution in [0.15, 0.2) is 11.6 Å². The van der Waals surface area contributed by atoms with Gasteiger partial charge in [-0.3, -0.25) is 4.79 Å². The molecule has 1 aliphatic rings. The van der Waals surface area contributed by atoms with E-state index >= 15 is 0 Å². The summed E-state index contributed by atoms with van der Waals surface area (Å²) in [5, 5.41) is 11.6. The van der Waals surface area contributed by atoms with Crippen molar-refractivity contribution in [2.24, 2.45) is 5.41 Å². The fraction of sp³-hybridized carbons (Fsp3) is 0.714. The van der Waals surface area contributed by atoms with Gasteiger partial charge in [0.2, 0.25) is 5.91 Å². The molecule has 0 aliphatic carbocycles. The molecule has 0 aromatic carbocycles. The zero-order chi connectivity index (χ0) is 16.6. The summed E-state index contributed by atoms with van der Waals surface area (Å²) in [7, 11) is 0. The Morgan fingerprint density at radius 3 is 2.41 bits per heavy atom. The summed E-state index contributed by atoms with van der Waals surface area (Å²) in [6.07, 6.45) is -3.40. The highest BCUT2D eigenvalue weighted by Crippen LogP contribution is 2.46. The lowest BCUT2D eigenvalue weighted by Gasteiger charge is -2.43. The van der Waals surface area contributed by atoms with E-state index in [2.05, 4.69) is 4.98 Å². The van der Waals surface area contributed by atoms with Crippen molar-refractivity contribution in [3.05, 3.63) is 16.6 Å². The molecule has 4 nitrogen and oxygen atoms in total. The third-order valence-corrected chi connectivity index (χ3v) is 5.51. The predicted molar refractivity (Wildman–Crippen MR) is 76.5 cm³/mol.